The first kappa shape index (κ1) is 18.1. The van der Waals surface area contributed by atoms with E-state index in [0.717, 1.165) is 33.7 Å². The molecular formula is C23H19FN6. The van der Waals surface area contributed by atoms with Crippen molar-refractivity contribution in [3.63, 3.8) is 0 Å². The van der Waals surface area contributed by atoms with Crippen molar-refractivity contribution >= 4 is 22.3 Å². The summed E-state index contributed by atoms with van der Waals surface area (Å²) in [5.41, 5.74) is 4.81. The second kappa shape index (κ2) is 7.44. The number of para-hydroxylation sites is 1. The normalized spacial score (nSPS) is 11.1. The van der Waals surface area contributed by atoms with Crippen LogP contribution < -0.4 is 5.32 Å². The van der Waals surface area contributed by atoms with Crippen molar-refractivity contribution in [3.05, 3.63) is 90.6 Å². The Morgan fingerprint density at radius 2 is 1.83 bits per heavy atom. The van der Waals surface area contributed by atoms with Crippen LogP contribution in [0.1, 0.15) is 5.56 Å². The van der Waals surface area contributed by atoms with E-state index < -0.39 is 0 Å². The summed E-state index contributed by atoms with van der Waals surface area (Å²) in [6.07, 6.45) is 5.41. The Kier molecular flexibility index (Phi) is 4.48. The maximum atomic E-state index is 14.2. The Bertz CT molecular complexity index is 1340. The van der Waals surface area contributed by atoms with Gasteiger partial charge in [-0.15, -0.1) is 0 Å². The number of halogens is 1. The third-order valence-electron chi connectivity index (χ3n) is 4.93. The Morgan fingerprint density at radius 1 is 1.00 bits per heavy atom. The van der Waals surface area contributed by atoms with Gasteiger partial charge in [-0.25, -0.2) is 4.39 Å². The third kappa shape index (κ3) is 3.41. The Labute approximate surface area is 172 Å². The van der Waals surface area contributed by atoms with Crippen LogP contribution in [0.2, 0.25) is 0 Å². The van der Waals surface area contributed by atoms with Gasteiger partial charge in [0, 0.05) is 36.1 Å². The van der Waals surface area contributed by atoms with Crippen molar-refractivity contribution in [2.24, 2.45) is 7.05 Å². The van der Waals surface area contributed by atoms with Crippen LogP contribution in [0.5, 0.6) is 0 Å². The summed E-state index contributed by atoms with van der Waals surface area (Å²) in [7, 11) is 1.87. The number of pyridine rings is 1. The molecule has 0 atom stereocenters. The molecule has 1 N–H and O–H groups in total. The number of anilines is 2. The molecule has 0 saturated carbocycles. The van der Waals surface area contributed by atoms with Gasteiger partial charge in [0.25, 0.3) is 0 Å². The van der Waals surface area contributed by atoms with E-state index in [2.05, 4.69) is 15.4 Å². The van der Waals surface area contributed by atoms with Crippen LogP contribution >= 0.6 is 0 Å². The smallest absolute Gasteiger partial charge is 0.128 e. The molecule has 3 aromatic heterocycles. The molecule has 5 aromatic rings. The minimum atomic E-state index is -0.237. The number of rotatable bonds is 5. The van der Waals surface area contributed by atoms with Gasteiger partial charge in [0.05, 0.1) is 29.6 Å². The second-order valence-corrected chi connectivity index (χ2v) is 7.07. The molecule has 30 heavy (non-hydrogen) atoms. The van der Waals surface area contributed by atoms with Crippen LogP contribution in [-0.4, -0.2) is 24.5 Å². The van der Waals surface area contributed by atoms with E-state index in [-0.39, 0.29) is 5.82 Å². The molecule has 2 aromatic carbocycles. The van der Waals surface area contributed by atoms with Crippen molar-refractivity contribution in [1.82, 2.24) is 24.5 Å². The van der Waals surface area contributed by atoms with E-state index in [1.165, 1.54) is 6.07 Å². The average Bonchev–Trinajstić information content (AvgIpc) is 3.33. The predicted octanol–water partition coefficient (Wildman–Crippen LogP) is 4.76. The number of fused-ring (bicyclic) bond motifs is 1. The first-order valence-corrected chi connectivity index (χ1v) is 9.58. The Morgan fingerprint density at radius 3 is 2.67 bits per heavy atom. The summed E-state index contributed by atoms with van der Waals surface area (Å²) in [5.74, 6) is -0.237. The summed E-state index contributed by atoms with van der Waals surface area (Å²) in [6.45, 7) is 0.348. The lowest BCUT2D eigenvalue weighted by molar-refractivity contribution is 0.591. The zero-order valence-electron chi connectivity index (χ0n) is 16.3. The molecule has 0 aliphatic rings. The molecule has 0 spiro atoms. The Balaban J connectivity index is 1.55. The van der Waals surface area contributed by atoms with E-state index in [1.54, 1.807) is 29.2 Å². The van der Waals surface area contributed by atoms with Crippen molar-refractivity contribution in [1.29, 1.82) is 0 Å². The molecule has 6 nitrogen and oxygen atoms in total. The standard InChI is InChI=1S/C23H19FN6/c1-29-15-18(13-26-29)27-17-10-11-25-21(12-17)23-19-7-3-5-9-22(19)30(28-23)14-16-6-2-4-8-20(16)24/h2-13,15H,14H2,1H3,(H,25,27). The van der Waals surface area contributed by atoms with Gasteiger partial charge in [0.1, 0.15) is 11.5 Å². The summed E-state index contributed by atoms with van der Waals surface area (Å²) in [6, 6.07) is 18.6. The first-order valence-electron chi connectivity index (χ1n) is 9.58. The SMILES string of the molecule is Cn1cc(Nc2ccnc(-c3nn(Cc4ccccc4F)c4ccccc34)c2)cn1. The Hall–Kier alpha value is -4.00. The van der Waals surface area contributed by atoms with Crippen LogP contribution in [0, 0.1) is 5.82 Å². The molecule has 0 saturated heterocycles. The fourth-order valence-electron chi connectivity index (χ4n) is 3.52. The summed E-state index contributed by atoms with van der Waals surface area (Å²) < 4.78 is 17.8. The van der Waals surface area contributed by atoms with Crippen LogP contribution in [-0.2, 0) is 13.6 Å². The fourth-order valence-corrected chi connectivity index (χ4v) is 3.52. The largest absolute Gasteiger partial charge is 0.353 e. The van der Waals surface area contributed by atoms with Crippen molar-refractivity contribution in [3.8, 4) is 11.4 Å². The van der Waals surface area contributed by atoms with Gasteiger partial charge < -0.3 is 5.32 Å². The number of aryl methyl sites for hydroxylation is 1. The molecule has 0 aliphatic carbocycles. The number of hydrogen-bond acceptors (Lipinski definition) is 4. The van der Waals surface area contributed by atoms with E-state index >= 15 is 0 Å². The highest BCUT2D eigenvalue weighted by Gasteiger charge is 2.15. The maximum absolute atomic E-state index is 14.2. The van der Waals surface area contributed by atoms with Gasteiger partial charge in [0.2, 0.25) is 0 Å². The van der Waals surface area contributed by atoms with Crippen LogP contribution in [0.25, 0.3) is 22.3 Å². The summed E-state index contributed by atoms with van der Waals surface area (Å²) in [4.78, 5) is 4.53. The van der Waals surface area contributed by atoms with Gasteiger partial charge in [0.15, 0.2) is 0 Å². The van der Waals surface area contributed by atoms with Gasteiger partial charge >= 0.3 is 0 Å². The molecule has 148 valence electrons. The molecule has 0 amide bonds. The van der Waals surface area contributed by atoms with Crippen molar-refractivity contribution in [2.75, 3.05) is 5.32 Å². The van der Waals surface area contributed by atoms with Crippen LogP contribution in [0.15, 0.2) is 79.3 Å². The van der Waals surface area contributed by atoms with Gasteiger partial charge in [-0.05, 0) is 24.3 Å². The highest BCUT2D eigenvalue weighted by Crippen LogP contribution is 2.29. The molecular weight excluding hydrogens is 379 g/mol. The van der Waals surface area contributed by atoms with Crippen molar-refractivity contribution in [2.45, 2.75) is 6.54 Å². The first-order chi connectivity index (χ1) is 14.7. The fraction of sp³-hybridized carbons (Fsp3) is 0.0870. The number of nitrogens with one attached hydrogen (secondary N) is 1. The maximum Gasteiger partial charge on any atom is 0.128 e. The van der Waals surface area contributed by atoms with Crippen LogP contribution in [0.4, 0.5) is 15.8 Å². The third-order valence-corrected chi connectivity index (χ3v) is 4.93. The van der Waals surface area contributed by atoms with E-state index in [4.69, 9.17) is 5.10 Å². The van der Waals surface area contributed by atoms with E-state index in [9.17, 15) is 4.39 Å². The zero-order chi connectivity index (χ0) is 20.5. The molecule has 0 bridgehead atoms. The number of nitrogens with zero attached hydrogens (tertiary/aromatic N) is 5. The van der Waals surface area contributed by atoms with Gasteiger partial charge in [-0.1, -0.05) is 36.4 Å². The molecule has 0 unspecified atom stereocenters. The molecule has 7 heteroatoms. The zero-order valence-corrected chi connectivity index (χ0v) is 16.3. The van der Waals surface area contributed by atoms with E-state index in [1.807, 2.05) is 60.4 Å². The molecule has 5 rings (SSSR count). The minimum absolute atomic E-state index is 0.237. The number of hydrogen-bond donors (Lipinski definition) is 1. The minimum Gasteiger partial charge on any atom is -0.353 e. The highest BCUT2D eigenvalue weighted by molar-refractivity contribution is 5.93. The molecule has 0 fully saturated rings. The topological polar surface area (TPSA) is 60.6 Å². The predicted molar refractivity (Wildman–Crippen MR) is 115 cm³/mol. The lowest BCUT2D eigenvalue weighted by Gasteiger charge is -2.05. The lowest BCUT2D eigenvalue weighted by atomic mass is 10.1. The molecule has 0 radical (unpaired) electrons. The molecule has 0 aliphatic heterocycles. The van der Waals surface area contributed by atoms with Gasteiger partial charge in [-0.2, -0.15) is 10.2 Å². The monoisotopic (exact) mass is 398 g/mol. The molecule has 3 heterocycles. The highest BCUT2D eigenvalue weighted by atomic mass is 19.1. The number of aromatic nitrogens is 5. The quantitative estimate of drug-likeness (QED) is 0.464. The second-order valence-electron chi connectivity index (χ2n) is 7.07. The van der Waals surface area contributed by atoms with E-state index in [0.29, 0.717) is 12.1 Å². The summed E-state index contributed by atoms with van der Waals surface area (Å²) >= 11 is 0. The summed E-state index contributed by atoms with van der Waals surface area (Å²) in [5, 5.41) is 13.3. The van der Waals surface area contributed by atoms with Gasteiger partial charge in [-0.3, -0.25) is 14.3 Å². The number of benzene rings is 2. The van der Waals surface area contributed by atoms with Crippen LogP contribution in [0.3, 0.4) is 0 Å². The average molecular weight is 398 g/mol. The lowest BCUT2D eigenvalue weighted by Crippen LogP contribution is -2.03. The van der Waals surface area contributed by atoms with Crippen molar-refractivity contribution < 1.29 is 4.39 Å².